The quantitative estimate of drug-likeness (QED) is 0.287. The van der Waals surface area contributed by atoms with Crippen LogP contribution in [0.2, 0.25) is 6.32 Å². The van der Waals surface area contributed by atoms with E-state index >= 15 is 0 Å². The van der Waals surface area contributed by atoms with Gasteiger partial charge in [-0.1, -0.05) is 19.2 Å². The second-order valence-electron chi connectivity index (χ2n) is 4.11. The van der Waals surface area contributed by atoms with Gasteiger partial charge < -0.3 is 10.8 Å². The first-order chi connectivity index (χ1) is 7.71. The van der Waals surface area contributed by atoms with Gasteiger partial charge >= 0.3 is 5.97 Å². The Morgan fingerprint density at radius 3 is 2.35 bits per heavy atom. The molecule has 0 aromatic rings. The van der Waals surface area contributed by atoms with Crippen molar-refractivity contribution in [3.8, 4) is 0 Å². The van der Waals surface area contributed by atoms with Crippen LogP contribution in [0.3, 0.4) is 0 Å². The molecule has 100 valence electrons. The summed E-state index contributed by atoms with van der Waals surface area (Å²) in [4.78, 5) is 11.0. The third-order valence-electron chi connectivity index (χ3n) is 2.53. The summed E-state index contributed by atoms with van der Waals surface area (Å²) in [5.74, 6) is -1.12. The van der Waals surface area contributed by atoms with Crippen LogP contribution in [0, 0.1) is 0 Å². The predicted molar refractivity (Wildman–Crippen MR) is 67.5 cm³/mol. The first-order valence-electron chi connectivity index (χ1n) is 5.51. The second kappa shape index (κ2) is 6.95. The van der Waals surface area contributed by atoms with Crippen LogP contribution in [-0.4, -0.2) is 39.4 Å². The smallest absolute Gasteiger partial charge is 0.323 e. The van der Waals surface area contributed by atoms with Crippen LogP contribution >= 0.6 is 0 Å². The fraction of sp³-hybridized carbons (Fsp3) is 0.875. The van der Waals surface area contributed by atoms with Crippen LogP contribution in [0.25, 0.3) is 0 Å². The zero-order valence-corrected chi connectivity index (χ0v) is 10.8. The predicted octanol–water partition coefficient (Wildman–Crippen LogP) is -1.83. The molecule has 0 aromatic heterocycles. The lowest BCUT2D eigenvalue weighted by molar-refractivity contribution is -0.143. The summed E-state index contributed by atoms with van der Waals surface area (Å²) >= 11 is 0. The minimum Gasteiger partial charge on any atom is -0.480 e. The molecule has 0 heterocycles. The van der Waals surface area contributed by atoms with Crippen molar-refractivity contribution in [3.63, 3.8) is 0 Å². The lowest BCUT2D eigenvalue weighted by atomic mass is 9.88. The minimum absolute atomic E-state index is 0.0163. The molecule has 0 radical (unpaired) electrons. The van der Waals surface area contributed by atoms with Crippen LogP contribution < -0.4 is 15.6 Å². The fourth-order valence-electron chi connectivity index (χ4n) is 1.45. The van der Waals surface area contributed by atoms with Crippen molar-refractivity contribution in [2.45, 2.75) is 37.5 Å². The van der Waals surface area contributed by atoms with Crippen LogP contribution in [0.15, 0.2) is 0 Å². The van der Waals surface area contributed by atoms with E-state index in [0.29, 0.717) is 12.8 Å². The summed E-state index contributed by atoms with van der Waals surface area (Å²) < 4.78 is 23.3. The van der Waals surface area contributed by atoms with Gasteiger partial charge in [0.2, 0.25) is 0 Å². The molecule has 0 saturated carbocycles. The van der Waals surface area contributed by atoms with Crippen LogP contribution in [0.4, 0.5) is 0 Å². The molecule has 1 unspecified atom stereocenters. The second-order valence-corrected chi connectivity index (χ2v) is 5.49. The number of aliphatic carboxylic acids is 1. The molecule has 0 spiro atoms. The van der Waals surface area contributed by atoms with Crippen molar-refractivity contribution in [3.05, 3.63) is 0 Å². The zero-order chi connectivity index (χ0) is 13.5. The highest BCUT2D eigenvalue weighted by Crippen LogP contribution is 2.16. The molecule has 0 aliphatic rings. The molecule has 0 amide bonds. The van der Waals surface area contributed by atoms with Gasteiger partial charge in [0.1, 0.15) is 13.4 Å². The van der Waals surface area contributed by atoms with Gasteiger partial charge in [0.15, 0.2) is 0 Å². The SMILES string of the molecule is BCCCCC(N)(CCNS(N)(=O)=O)C(=O)O. The fourth-order valence-corrected chi connectivity index (χ4v) is 1.83. The Morgan fingerprint density at radius 1 is 1.35 bits per heavy atom. The van der Waals surface area contributed by atoms with Gasteiger partial charge in [0.25, 0.3) is 10.2 Å². The van der Waals surface area contributed by atoms with E-state index in [9.17, 15) is 13.2 Å². The molecule has 0 saturated heterocycles. The van der Waals surface area contributed by atoms with E-state index in [0.717, 1.165) is 12.7 Å². The summed E-state index contributed by atoms with van der Waals surface area (Å²) in [7, 11) is -1.79. The molecule has 0 bridgehead atoms. The maximum absolute atomic E-state index is 11.0. The van der Waals surface area contributed by atoms with E-state index in [1.165, 1.54) is 0 Å². The van der Waals surface area contributed by atoms with Crippen molar-refractivity contribution in [1.82, 2.24) is 4.72 Å². The summed E-state index contributed by atoms with van der Waals surface area (Å²) in [6, 6.07) is 0. The maximum Gasteiger partial charge on any atom is 0.323 e. The Kier molecular flexibility index (Phi) is 6.69. The average Bonchev–Trinajstić information content (AvgIpc) is 2.15. The van der Waals surface area contributed by atoms with Crippen LogP contribution in [0.5, 0.6) is 0 Å². The van der Waals surface area contributed by atoms with Crippen molar-refractivity contribution < 1.29 is 18.3 Å². The standard InChI is InChI=1S/C8H20BN3O4S/c9-5-2-1-3-8(10,7(13)14)4-6-12-17(11,15)16/h12H,1-6,9-10H2,(H,13,14)(H2,11,15,16). The number of rotatable bonds is 9. The van der Waals surface area contributed by atoms with Crippen LogP contribution in [0.1, 0.15) is 25.7 Å². The molecular formula is C8H20BN3O4S. The molecule has 0 fully saturated rings. The number of carboxylic acid groups (broad SMARTS) is 1. The number of carboxylic acids is 1. The summed E-state index contributed by atoms with van der Waals surface area (Å²) in [5, 5.41) is 13.8. The third-order valence-corrected chi connectivity index (χ3v) is 3.13. The highest BCUT2D eigenvalue weighted by Gasteiger charge is 2.32. The maximum atomic E-state index is 11.0. The summed E-state index contributed by atoms with van der Waals surface area (Å²) in [6.07, 6.45) is 2.90. The number of nitrogens with one attached hydrogen (secondary N) is 1. The topological polar surface area (TPSA) is 136 Å². The molecule has 6 N–H and O–H groups in total. The lowest BCUT2D eigenvalue weighted by Crippen LogP contribution is -2.50. The van der Waals surface area contributed by atoms with Crippen molar-refractivity contribution >= 4 is 24.0 Å². The van der Waals surface area contributed by atoms with E-state index in [1.54, 1.807) is 0 Å². The first-order valence-corrected chi connectivity index (χ1v) is 7.05. The lowest BCUT2D eigenvalue weighted by Gasteiger charge is -2.24. The molecule has 9 heteroatoms. The van der Waals surface area contributed by atoms with Crippen molar-refractivity contribution in [2.24, 2.45) is 10.9 Å². The molecule has 0 rings (SSSR count). The van der Waals surface area contributed by atoms with E-state index in [4.69, 9.17) is 16.0 Å². The van der Waals surface area contributed by atoms with Gasteiger partial charge in [-0.3, -0.25) is 4.79 Å². The number of hydrogen-bond donors (Lipinski definition) is 4. The highest BCUT2D eigenvalue weighted by molar-refractivity contribution is 7.87. The minimum atomic E-state index is -3.80. The molecular weight excluding hydrogens is 245 g/mol. The number of carbonyl (C=O) groups is 1. The van der Waals surface area contributed by atoms with Gasteiger partial charge in [-0.25, -0.2) is 9.86 Å². The Balaban J connectivity index is 4.26. The molecule has 0 aliphatic heterocycles. The van der Waals surface area contributed by atoms with Gasteiger partial charge in [-0.2, -0.15) is 8.42 Å². The molecule has 7 nitrogen and oxygen atoms in total. The van der Waals surface area contributed by atoms with Crippen molar-refractivity contribution in [1.29, 1.82) is 0 Å². The highest BCUT2D eigenvalue weighted by atomic mass is 32.2. The Bertz CT molecular complexity index is 349. The monoisotopic (exact) mass is 265 g/mol. The molecule has 17 heavy (non-hydrogen) atoms. The Labute approximate surface area is 103 Å². The first kappa shape index (κ1) is 16.4. The molecule has 1 atom stereocenters. The van der Waals surface area contributed by atoms with Gasteiger partial charge in [0, 0.05) is 6.54 Å². The van der Waals surface area contributed by atoms with E-state index in [1.807, 2.05) is 12.6 Å². The van der Waals surface area contributed by atoms with Gasteiger partial charge in [0.05, 0.1) is 0 Å². The normalized spacial score (nSPS) is 15.4. The summed E-state index contributed by atoms with van der Waals surface area (Å²) in [6.45, 7) is -0.0756. The molecule has 0 aromatic carbocycles. The summed E-state index contributed by atoms with van der Waals surface area (Å²) in [5.41, 5.74) is 4.34. The third kappa shape index (κ3) is 7.32. The average molecular weight is 265 g/mol. The zero-order valence-electron chi connectivity index (χ0n) is 9.98. The Hall–Kier alpha value is -0.635. The Morgan fingerprint density at radius 2 is 1.94 bits per heavy atom. The van der Waals surface area contributed by atoms with Crippen LogP contribution in [-0.2, 0) is 15.0 Å². The van der Waals surface area contributed by atoms with E-state index in [2.05, 4.69) is 0 Å². The van der Waals surface area contributed by atoms with E-state index < -0.39 is 21.7 Å². The molecule has 0 aliphatic carbocycles. The number of hydrogen-bond acceptors (Lipinski definition) is 4. The largest absolute Gasteiger partial charge is 0.480 e. The van der Waals surface area contributed by atoms with Crippen molar-refractivity contribution in [2.75, 3.05) is 6.54 Å². The van der Waals surface area contributed by atoms with Gasteiger partial charge in [-0.15, -0.1) is 0 Å². The number of unbranched alkanes of at least 4 members (excludes halogenated alkanes) is 1. The van der Waals surface area contributed by atoms with Gasteiger partial charge in [-0.05, 0) is 12.8 Å². The number of nitrogens with two attached hydrogens (primary N) is 2. The van der Waals surface area contributed by atoms with E-state index in [-0.39, 0.29) is 13.0 Å².